The summed E-state index contributed by atoms with van der Waals surface area (Å²) in [7, 11) is 4.64. The maximum atomic E-state index is 9.65. The number of rotatable bonds is 8. The summed E-state index contributed by atoms with van der Waals surface area (Å²) in [4.78, 5) is 0. The van der Waals surface area contributed by atoms with Crippen LogP contribution in [0, 0.1) is 37.7 Å². The quantitative estimate of drug-likeness (QED) is 0.0843. The Labute approximate surface area is 418 Å². The van der Waals surface area contributed by atoms with Gasteiger partial charge in [-0.3, -0.25) is 0 Å². The fourth-order valence-electron chi connectivity index (χ4n) is 8.06. The van der Waals surface area contributed by atoms with Crippen LogP contribution in [0.2, 0.25) is 0 Å². The number of nitriles is 3. The van der Waals surface area contributed by atoms with Gasteiger partial charge >= 0.3 is 7.12 Å². The van der Waals surface area contributed by atoms with Gasteiger partial charge in [0.15, 0.2) is 0 Å². The molecule has 0 radical (unpaired) electrons. The number of methoxy groups -OCH3 is 3. The summed E-state index contributed by atoms with van der Waals surface area (Å²) in [5.41, 5.74) is 20.5. The van der Waals surface area contributed by atoms with Crippen molar-refractivity contribution >= 4 is 79.3 Å². The van der Waals surface area contributed by atoms with E-state index in [1.54, 1.807) is 21.3 Å². The number of anilines is 2. The van der Waals surface area contributed by atoms with Crippen molar-refractivity contribution in [2.24, 2.45) is 0 Å². The molecule has 4 heterocycles. The molecule has 0 unspecified atom stereocenters. The van der Waals surface area contributed by atoms with Crippen molar-refractivity contribution in [1.82, 2.24) is 13.7 Å². The van der Waals surface area contributed by atoms with Gasteiger partial charge in [-0.25, -0.2) is 0 Å². The van der Waals surface area contributed by atoms with Crippen LogP contribution in [-0.4, -0.2) is 53.4 Å². The molecule has 0 bridgehead atoms. The van der Waals surface area contributed by atoms with Crippen LogP contribution in [-0.2, 0) is 28.9 Å². The van der Waals surface area contributed by atoms with E-state index in [4.69, 9.17) is 45.5 Å². The van der Waals surface area contributed by atoms with Crippen molar-refractivity contribution in [2.75, 3.05) is 32.8 Å². The number of nitrogen functional groups attached to an aromatic ring is 2. The SMILES string of the molecule is CC1(C)OB(c2ccc(N)cc2)OC1(C)C.CCn1c(-c2ccc(N)cc2)c(C#N)c2ccc(OC)cc21.CCn1c(I)c(C#N)c2ccc(OC)cc21.CCn1cc(C#N)c2ccc(OC)cc21. The molecule has 0 saturated carbocycles. The first-order valence-electron chi connectivity index (χ1n) is 22.5. The summed E-state index contributed by atoms with van der Waals surface area (Å²) in [5.74, 6) is 2.42. The summed E-state index contributed by atoms with van der Waals surface area (Å²) in [6.45, 7) is 16.9. The highest BCUT2D eigenvalue weighted by Crippen LogP contribution is 2.38. The molecule has 15 heteroatoms. The van der Waals surface area contributed by atoms with E-state index in [1.165, 1.54) is 0 Å². The minimum absolute atomic E-state index is 0.293. The average Bonchev–Trinajstić information content (AvgIpc) is 4.04. The lowest BCUT2D eigenvalue weighted by atomic mass is 9.79. The minimum atomic E-state index is -0.300. The number of nitrogens with two attached hydrogens (primary N) is 2. The number of nitrogens with zero attached hydrogens (tertiary/aromatic N) is 6. The van der Waals surface area contributed by atoms with Crippen molar-refractivity contribution in [1.29, 1.82) is 15.8 Å². The Morgan fingerprint density at radius 2 is 1.03 bits per heavy atom. The van der Waals surface area contributed by atoms with Gasteiger partial charge in [0, 0.05) is 71.6 Å². The summed E-state index contributed by atoms with van der Waals surface area (Å²) in [6.07, 6.45) is 1.88. The molecule has 0 atom stereocenters. The molecule has 9 rings (SSSR count). The number of hydrogen-bond acceptors (Lipinski definition) is 10. The molecule has 13 nitrogen and oxygen atoms in total. The number of halogens is 1. The van der Waals surface area contributed by atoms with E-state index >= 15 is 0 Å². The van der Waals surface area contributed by atoms with Gasteiger partial charge in [0.2, 0.25) is 0 Å². The molecule has 0 amide bonds. The van der Waals surface area contributed by atoms with Crippen molar-refractivity contribution in [3.63, 3.8) is 0 Å². The van der Waals surface area contributed by atoms with Crippen LogP contribution in [0.4, 0.5) is 11.4 Å². The standard InChI is InChI=1S/C18H17N3O.C12H18BNO2.C12H11IN2O.C12H12N2O/c1-3-21-17-10-14(22-2)8-9-15(17)16(11-19)18(21)12-4-6-13(20)7-5-12;1-11(2)12(3,4)16-13(15-11)9-5-7-10(14)8-6-9;1-3-15-11-6-8(16-2)4-5-9(11)10(7-14)12(15)13;1-3-14-8-9(7-13)11-5-4-10(15-2)6-12(11)14/h4-10H,3,20H2,1-2H3;5-8H,14H2,1-4H3;4-6H,3H2,1-2H3;4-6,8H,3H2,1-2H3. The molecule has 8 aromatic rings. The lowest BCUT2D eigenvalue weighted by Crippen LogP contribution is -2.41. The molecule has 3 aromatic heterocycles. The van der Waals surface area contributed by atoms with E-state index in [1.807, 2.05) is 137 Å². The zero-order valence-corrected chi connectivity index (χ0v) is 43.0. The molecule has 0 aliphatic carbocycles. The smallest absolute Gasteiger partial charge is 0.494 e. The number of benzene rings is 5. The normalized spacial score (nSPS) is 13.2. The highest BCUT2D eigenvalue weighted by atomic mass is 127. The number of aromatic nitrogens is 3. The first-order valence-corrected chi connectivity index (χ1v) is 23.6. The first kappa shape index (κ1) is 51.3. The van der Waals surface area contributed by atoms with Crippen LogP contribution >= 0.6 is 22.6 Å². The fraction of sp³-hybridized carbons (Fsp3) is 0.278. The molecular weight excluding hydrogens is 978 g/mol. The predicted molar refractivity (Wildman–Crippen MR) is 286 cm³/mol. The molecular formula is C54H58BIN8O5. The second-order valence-electron chi connectivity index (χ2n) is 17.1. The molecule has 1 fully saturated rings. The lowest BCUT2D eigenvalue weighted by Gasteiger charge is -2.32. The third-order valence-electron chi connectivity index (χ3n) is 12.5. The highest BCUT2D eigenvalue weighted by Gasteiger charge is 2.51. The van der Waals surface area contributed by atoms with Gasteiger partial charge in [0.05, 0.1) is 75.2 Å². The molecule has 4 N–H and O–H groups in total. The summed E-state index contributed by atoms with van der Waals surface area (Å²) in [5, 5.41) is 30.7. The van der Waals surface area contributed by atoms with Gasteiger partial charge in [-0.2, -0.15) is 15.8 Å². The lowest BCUT2D eigenvalue weighted by molar-refractivity contribution is 0.00578. The third-order valence-corrected chi connectivity index (χ3v) is 13.7. The Morgan fingerprint density at radius 1 is 0.580 bits per heavy atom. The Bertz CT molecular complexity index is 3210. The molecule has 5 aromatic carbocycles. The Kier molecular flexibility index (Phi) is 16.3. The number of aryl methyl sites for hydroxylation is 3. The topological polar surface area (TPSA) is 184 Å². The van der Waals surface area contributed by atoms with Crippen molar-refractivity contribution in [3.05, 3.63) is 130 Å². The van der Waals surface area contributed by atoms with E-state index in [0.29, 0.717) is 11.3 Å². The zero-order valence-electron chi connectivity index (χ0n) is 40.8. The van der Waals surface area contributed by atoms with Crippen LogP contribution in [0.15, 0.2) is 109 Å². The third kappa shape index (κ3) is 10.6. The number of hydrogen-bond donors (Lipinski definition) is 2. The molecule has 354 valence electrons. The second-order valence-corrected chi connectivity index (χ2v) is 18.1. The van der Waals surface area contributed by atoms with Crippen LogP contribution in [0.5, 0.6) is 17.2 Å². The van der Waals surface area contributed by atoms with E-state index in [9.17, 15) is 5.26 Å². The molecule has 0 spiro atoms. The van der Waals surface area contributed by atoms with Crippen LogP contribution in [0.25, 0.3) is 44.0 Å². The Balaban J connectivity index is 0.000000153. The maximum absolute atomic E-state index is 9.65. The molecule has 1 aliphatic rings. The van der Waals surface area contributed by atoms with Gasteiger partial charge in [0.1, 0.15) is 35.5 Å². The van der Waals surface area contributed by atoms with E-state index < -0.39 is 0 Å². The fourth-order valence-corrected chi connectivity index (χ4v) is 9.07. The average molecular weight is 1040 g/mol. The van der Waals surface area contributed by atoms with Gasteiger partial charge in [-0.15, -0.1) is 0 Å². The van der Waals surface area contributed by atoms with Crippen LogP contribution < -0.4 is 31.1 Å². The summed E-state index contributed by atoms with van der Waals surface area (Å²) >= 11 is 2.22. The van der Waals surface area contributed by atoms with Crippen molar-refractivity contribution < 1.29 is 23.5 Å². The zero-order chi connectivity index (χ0) is 50.2. The van der Waals surface area contributed by atoms with E-state index in [2.05, 4.69) is 75.3 Å². The van der Waals surface area contributed by atoms with Gasteiger partial charge < -0.3 is 48.7 Å². The van der Waals surface area contributed by atoms with Gasteiger partial charge in [-0.1, -0.05) is 24.3 Å². The van der Waals surface area contributed by atoms with Gasteiger partial charge in [-0.05, 0) is 143 Å². The van der Waals surface area contributed by atoms with Crippen molar-refractivity contribution in [2.45, 2.75) is 79.3 Å². The van der Waals surface area contributed by atoms with E-state index in [0.717, 1.165) is 107 Å². The Morgan fingerprint density at radius 3 is 1.48 bits per heavy atom. The molecule has 1 saturated heterocycles. The minimum Gasteiger partial charge on any atom is -0.497 e. The number of fused-ring (bicyclic) bond motifs is 3. The van der Waals surface area contributed by atoms with Crippen molar-refractivity contribution in [3.8, 4) is 46.7 Å². The molecule has 1 aliphatic heterocycles. The van der Waals surface area contributed by atoms with Crippen LogP contribution in [0.1, 0.15) is 65.2 Å². The summed E-state index contributed by atoms with van der Waals surface area (Å²) in [6, 6.07) is 39.4. The predicted octanol–water partition coefficient (Wildman–Crippen LogP) is 11.0. The summed E-state index contributed by atoms with van der Waals surface area (Å²) < 4.78 is 34.8. The highest BCUT2D eigenvalue weighted by molar-refractivity contribution is 14.1. The monoisotopic (exact) mass is 1040 g/mol. The number of ether oxygens (including phenoxy) is 3. The Hall–Kier alpha value is -7.10. The van der Waals surface area contributed by atoms with Crippen LogP contribution in [0.3, 0.4) is 0 Å². The molecule has 69 heavy (non-hydrogen) atoms. The van der Waals surface area contributed by atoms with E-state index in [-0.39, 0.29) is 18.3 Å². The second kappa shape index (κ2) is 21.9. The first-order chi connectivity index (χ1) is 33.0. The van der Waals surface area contributed by atoms with Gasteiger partial charge in [0.25, 0.3) is 0 Å². The largest absolute Gasteiger partial charge is 0.497 e. The maximum Gasteiger partial charge on any atom is 0.494 e.